The lowest BCUT2D eigenvalue weighted by molar-refractivity contribution is 0.599. The van der Waals surface area contributed by atoms with Crippen LogP contribution in [0, 0.1) is 6.92 Å². The summed E-state index contributed by atoms with van der Waals surface area (Å²) in [5.41, 5.74) is 1.30. The van der Waals surface area contributed by atoms with Crippen molar-refractivity contribution in [3.05, 3.63) is 15.6 Å². The first-order valence-corrected chi connectivity index (χ1v) is 6.68. The van der Waals surface area contributed by atoms with Gasteiger partial charge in [-0.1, -0.05) is 13.8 Å². The van der Waals surface area contributed by atoms with Crippen LogP contribution in [0.2, 0.25) is 0 Å². The number of rotatable bonds is 3. The van der Waals surface area contributed by atoms with Gasteiger partial charge in [0.1, 0.15) is 0 Å². The van der Waals surface area contributed by atoms with Crippen LogP contribution in [0.5, 0.6) is 0 Å². The zero-order chi connectivity index (χ0) is 10.8. The molecule has 1 aromatic rings. The molecule has 0 amide bonds. The smallest absolute Gasteiger partial charge is 0.0946 e. The number of aromatic nitrogens is 1. The predicted molar refractivity (Wildman–Crippen MR) is 65.7 cm³/mol. The Morgan fingerprint density at radius 3 is 2.87 bits per heavy atom. The fraction of sp³-hybridized carbons (Fsp3) is 0.750. The average molecular weight is 224 g/mol. The Bertz CT molecular complexity index is 324. The Hall–Kier alpha value is -0.410. The van der Waals surface area contributed by atoms with Crippen molar-refractivity contribution in [3.63, 3.8) is 0 Å². The molecule has 0 aromatic carbocycles. The average Bonchev–Trinajstić information content (AvgIpc) is 2.75. The highest BCUT2D eigenvalue weighted by atomic mass is 32.1. The van der Waals surface area contributed by atoms with Crippen molar-refractivity contribution < 1.29 is 0 Å². The molecule has 84 valence electrons. The molecule has 2 rings (SSSR count). The van der Waals surface area contributed by atoms with Crippen molar-refractivity contribution in [3.8, 4) is 0 Å². The van der Waals surface area contributed by atoms with Crippen LogP contribution in [0.4, 0.5) is 0 Å². The predicted octanol–water partition coefficient (Wildman–Crippen LogP) is 2.87. The highest BCUT2D eigenvalue weighted by Crippen LogP contribution is 2.25. The van der Waals surface area contributed by atoms with E-state index in [-0.39, 0.29) is 0 Å². The molecule has 2 nitrogen and oxygen atoms in total. The molecule has 1 unspecified atom stereocenters. The molecule has 3 heteroatoms. The summed E-state index contributed by atoms with van der Waals surface area (Å²) >= 11 is 1.88. The molecule has 1 aromatic heterocycles. The summed E-state index contributed by atoms with van der Waals surface area (Å²) in [7, 11) is 0. The number of thiazole rings is 1. The van der Waals surface area contributed by atoms with Crippen molar-refractivity contribution in [2.45, 2.75) is 52.0 Å². The maximum absolute atomic E-state index is 4.75. The van der Waals surface area contributed by atoms with Crippen LogP contribution in [-0.4, -0.2) is 17.6 Å². The topological polar surface area (TPSA) is 24.9 Å². The molecule has 0 saturated carbocycles. The van der Waals surface area contributed by atoms with Gasteiger partial charge in [0.2, 0.25) is 0 Å². The minimum Gasteiger partial charge on any atom is -0.314 e. The molecule has 15 heavy (non-hydrogen) atoms. The minimum atomic E-state index is 0.562. The molecule has 0 bridgehead atoms. The molecule has 1 saturated heterocycles. The van der Waals surface area contributed by atoms with Crippen LogP contribution in [0.3, 0.4) is 0 Å². The van der Waals surface area contributed by atoms with Gasteiger partial charge in [0.05, 0.1) is 10.7 Å². The number of nitrogens with zero attached hydrogens (tertiary/aromatic N) is 1. The van der Waals surface area contributed by atoms with E-state index in [1.165, 1.54) is 35.0 Å². The second-order valence-electron chi connectivity index (χ2n) is 4.70. The number of nitrogens with one attached hydrogen (secondary N) is 1. The third kappa shape index (κ3) is 2.58. The summed E-state index contributed by atoms with van der Waals surface area (Å²) < 4.78 is 0. The van der Waals surface area contributed by atoms with Gasteiger partial charge in [-0.05, 0) is 32.2 Å². The molecule has 0 radical (unpaired) electrons. The van der Waals surface area contributed by atoms with E-state index in [4.69, 9.17) is 4.98 Å². The van der Waals surface area contributed by atoms with Gasteiger partial charge in [-0.25, -0.2) is 4.98 Å². The van der Waals surface area contributed by atoms with Gasteiger partial charge in [-0.15, -0.1) is 11.3 Å². The van der Waals surface area contributed by atoms with E-state index in [9.17, 15) is 0 Å². The Balaban J connectivity index is 2.05. The van der Waals surface area contributed by atoms with Gasteiger partial charge in [0.15, 0.2) is 0 Å². The molecule has 0 aliphatic carbocycles. The normalized spacial score (nSPS) is 21.5. The molecule has 1 N–H and O–H groups in total. The molecular weight excluding hydrogens is 204 g/mol. The molecule has 1 fully saturated rings. The maximum Gasteiger partial charge on any atom is 0.0946 e. The van der Waals surface area contributed by atoms with Crippen molar-refractivity contribution in [2.24, 2.45) is 0 Å². The van der Waals surface area contributed by atoms with Crippen molar-refractivity contribution >= 4 is 11.3 Å². The molecule has 1 aliphatic rings. The zero-order valence-corrected chi connectivity index (χ0v) is 10.7. The third-order valence-electron chi connectivity index (χ3n) is 3.01. The first-order chi connectivity index (χ1) is 7.16. The van der Waals surface area contributed by atoms with Gasteiger partial charge in [-0.2, -0.15) is 0 Å². The van der Waals surface area contributed by atoms with Gasteiger partial charge < -0.3 is 5.32 Å². The van der Waals surface area contributed by atoms with Crippen LogP contribution in [0.25, 0.3) is 0 Å². The van der Waals surface area contributed by atoms with Crippen LogP contribution in [0.15, 0.2) is 0 Å². The van der Waals surface area contributed by atoms with Gasteiger partial charge in [0.25, 0.3) is 0 Å². The molecule has 1 aliphatic heterocycles. The summed E-state index contributed by atoms with van der Waals surface area (Å²) in [6.45, 7) is 7.82. The van der Waals surface area contributed by atoms with Gasteiger partial charge >= 0.3 is 0 Å². The van der Waals surface area contributed by atoms with Crippen molar-refractivity contribution in [1.29, 1.82) is 0 Å². The first kappa shape index (κ1) is 11.1. The lowest BCUT2D eigenvalue weighted by atomic mass is 10.1. The first-order valence-electron chi connectivity index (χ1n) is 5.86. The summed E-state index contributed by atoms with van der Waals surface area (Å²) in [5, 5.41) is 4.85. The van der Waals surface area contributed by atoms with E-state index in [0.717, 1.165) is 6.42 Å². The molecular formula is C12H20N2S. The van der Waals surface area contributed by atoms with Crippen LogP contribution in [0.1, 0.15) is 48.2 Å². The highest BCUT2D eigenvalue weighted by Gasteiger charge is 2.18. The van der Waals surface area contributed by atoms with E-state index in [0.29, 0.717) is 12.0 Å². The lowest BCUT2D eigenvalue weighted by Crippen LogP contribution is -2.23. The number of aryl methyl sites for hydroxylation is 1. The van der Waals surface area contributed by atoms with Gasteiger partial charge in [0, 0.05) is 17.3 Å². The van der Waals surface area contributed by atoms with E-state index in [2.05, 4.69) is 26.1 Å². The summed E-state index contributed by atoms with van der Waals surface area (Å²) in [4.78, 5) is 6.15. The Morgan fingerprint density at radius 2 is 2.33 bits per heavy atom. The maximum atomic E-state index is 4.75. The Morgan fingerprint density at radius 1 is 1.53 bits per heavy atom. The number of hydrogen-bond acceptors (Lipinski definition) is 3. The molecule has 1 atom stereocenters. The van der Waals surface area contributed by atoms with Crippen LogP contribution < -0.4 is 5.32 Å². The van der Waals surface area contributed by atoms with Crippen LogP contribution >= 0.6 is 11.3 Å². The second-order valence-corrected chi connectivity index (χ2v) is 5.99. The minimum absolute atomic E-state index is 0.562. The Kier molecular flexibility index (Phi) is 3.42. The Labute approximate surface area is 96.1 Å². The van der Waals surface area contributed by atoms with Crippen LogP contribution in [-0.2, 0) is 6.42 Å². The lowest BCUT2D eigenvalue weighted by Gasteiger charge is -2.06. The fourth-order valence-electron chi connectivity index (χ4n) is 2.23. The summed E-state index contributed by atoms with van der Waals surface area (Å²) in [5.74, 6) is 0.562. The highest BCUT2D eigenvalue weighted by molar-refractivity contribution is 7.11. The van der Waals surface area contributed by atoms with Crippen molar-refractivity contribution in [1.82, 2.24) is 10.3 Å². The van der Waals surface area contributed by atoms with E-state index < -0.39 is 0 Å². The SMILES string of the molecule is Cc1sc(CC2CCCN2)nc1C(C)C. The summed E-state index contributed by atoms with van der Waals surface area (Å²) in [6.07, 6.45) is 3.76. The standard InChI is InChI=1S/C12H20N2S/c1-8(2)12-9(3)15-11(14-12)7-10-5-4-6-13-10/h8,10,13H,4-7H2,1-3H3. The fourth-order valence-corrected chi connectivity index (χ4v) is 3.40. The number of hydrogen-bond donors (Lipinski definition) is 1. The summed E-state index contributed by atoms with van der Waals surface area (Å²) in [6, 6.07) is 0.676. The van der Waals surface area contributed by atoms with Crippen molar-refractivity contribution in [2.75, 3.05) is 6.54 Å². The largest absolute Gasteiger partial charge is 0.314 e. The van der Waals surface area contributed by atoms with E-state index in [1.807, 2.05) is 11.3 Å². The second kappa shape index (κ2) is 4.62. The third-order valence-corrected chi connectivity index (χ3v) is 4.02. The quantitative estimate of drug-likeness (QED) is 0.854. The molecule has 2 heterocycles. The van der Waals surface area contributed by atoms with E-state index >= 15 is 0 Å². The zero-order valence-electron chi connectivity index (χ0n) is 9.84. The monoisotopic (exact) mass is 224 g/mol. The molecule has 0 spiro atoms. The van der Waals surface area contributed by atoms with Gasteiger partial charge in [-0.3, -0.25) is 0 Å². The van der Waals surface area contributed by atoms with E-state index in [1.54, 1.807) is 0 Å².